The lowest BCUT2D eigenvalue weighted by atomic mass is 9.96. The number of amides is 1. The highest BCUT2D eigenvalue weighted by molar-refractivity contribution is 5.75. The van der Waals surface area contributed by atoms with Gasteiger partial charge in [0, 0.05) is 37.3 Å². The maximum atomic E-state index is 11.8. The molecule has 1 aromatic rings. The SMILES string of the molecule is O=C(CCCNc1ccc([N+](=O)[O-])cc1)NCCC1CCCNC1. The van der Waals surface area contributed by atoms with E-state index in [-0.39, 0.29) is 11.6 Å². The van der Waals surface area contributed by atoms with E-state index >= 15 is 0 Å². The molecule has 0 aliphatic carbocycles. The summed E-state index contributed by atoms with van der Waals surface area (Å²) < 4.78 is 0. The second kappa shape index (κ2) is 9.87. The fourth-order valence-corrected chi connectivity index (χ4v) is 2.86. The first-order valence-electron chi connectivity index (χ1n) is 8.61. The van der Waals surface area contributed by atoms with Crippen LogP contribution in [0.25, 0.3) is 0 Å². The summed E-state index contributed by atoms with van der Waals surface area (Å²) in [4.78, 5) is 21.9. The number of benzene rings is 1. The molecule has 1 unspecified atom stereocenters. The number of carbonyl (C=O) groups is 1. The molecule has 24 heavy (non-hydrogen) atoms. The Bertz CT molecular complexity index is 527. The summed E-state index contributed by atoms with van der Waals surface area (Å²) in [7, 11) is 0. The van der Waals surface area contributed by atoms with Crippen LogP contribution >= 0.6 is 0 Å². The highest BCUT2D eigenvalue weighted by atomic mass is 16.6. The molecule has 0 aromatic heterocycles. The minimum Gasteiger partial charge on any atom is -0.385 e. The van der Waals surface area contributed by atoms with Crippen LogP contribution in [0.5, 0.6) is 0 Å². The molecule has 2 rings (SSSR count). The second-order valence-corrected chi connectivity index (χ2v) is 6.19. The van der Waals surface area contributed by atoms with Gasteiger partial charge in [-0.05, 0) is 56.8 Å². The number of nitro benzene ring substituents is 1. The van der Waals surface area contributed by atoms with E-state index in [9.17, 15) is 14.9 Å². The number of rotatable bonds is 9. The fraction of sp³-hybridized carbons (Fsp3) is 0.588. The zero-order valence-corrected chi connectivity index (χ0v) is 13.9. The Morgan fingerprint density at radius 3 is 2.75 bits per heavy atom. The molecule has 1 aliphatic rings. The third-order valence-electron chi connectivity index (χ3n) is 4.26. The number of carbonyl (C=O) groups excluding carboxylic acids is 1. The summed E-state index contributed by atoms with van der Waals surface area (Å²) >= 11 is 0. The van der Waals surface area contributed by atoms with Gasteiger partial charge in [-0.2, -0.15) is 0 Å². The van der Waals surface area contributed by atoms with Crippen LogP contribution in [-0.4, -0.2) is 37.0 Å². The zero-order chi connectivity index (χ0) is 17.2. The smallest absolute Gasteiger partial charge is 0.269 e. The Kier molecular flexibility index (Phi) is 7.48. The molecule has 1 aliphatic heterocycles. The topological polar surface area (TPSA) is 96.3 Å². The quantitative estimate of drug-likeness (QED) is 0.366. The molecule has 1 amide bonds. The largest absolute Gasteiger partial charge is 0.385 e. The molecule has 0 radical (unpaired) electrons. The van der Waals surface area contributed by atoms with Crippen LogP contribution in [0.4, 0.5) is 11.4 Å². The normalized spacial score (nSPS) is 17.2. The van der Waals surface area contributed by atoms with Crippen molar-refractivity contribution in [2.24, 2.45) is 5.92 Å². The molecule has 0 spiro atoms. The summed E-state index contributed by atoms with van der Waals surface area (Å²) in [6, 6.07) is 6.29. The number of nitro groups is 1. The third-order valence-corrected chi connectivity index (χ3v) is 4.26. The molecule has 7 nitrogen and oxygen atoms in total. The molecule has 1 saturated heterocycles. The second-order valence-electron chi connectivity index (χ2n) is 6.19. The van der Waals surface area contributed by atoms with Gasteiger partial charge in [-0.1, -0.05) is 0 Å². The number of non-ortho nitro benzene ring substituents is 1. The molecule has 1 aromatic carbocycles. The average Bonchev–Trinajstić information content (AvgIpc) is 2.60. The van der Waals surface area contributed by atoms with Gasteiger partial charge in [0.15, 0.2) is 0 Å². The average molecular weight is 334 g/mol. The molecule has 132 valence electrons. The molecule has 0 bridgehead atoms. The molecular weight excluding hydrogens is 308 g/mol. The van der Waals surface area contributed by atoms with Crippen LogP contribution in [0.15, 0.2) is 24.3 Å². The Balaban J connectivity index is 1.53. The third kappa shape index (κ3) is 6.54. The maximum absolute atomic E-state index is 11.8. The van der Waals surface area contributed by atoms with Gasteiger partial charge in [-0.15, -0.1) is 0 Å². The van der Waals surface area contributed by atoms with Crippen molar-refractivity contribution in [1.82, 2.24) is 10.6 Å². The monoisotopic (exact) mass is 334 g/mol. The minimum atomic E-state index is -0.419. The predicted octanol–water partition coefficient (Wildman–Crippen LogP) is 2.29. The van der Waals surface area contributed by atoms with Gasteiger partial charge in [0.05, 0.1) is 4.92 Å². The number of hydrogen-bond donors (Lipinski definition) is 3. The maximum Gasteiger partial charge on any atom is 0.269 e. The number of piperidine rings is 1. The molecule has 0 saturated carbocycles. The van der Waals surface area contributed by atoms with Gasteiger partial charge >= 0.3 is 0 Å². The van der Waals surface area contributed by atoms with Crippen LogP contribution in [0.1, 0.15) is 32.1 Å². The molecule has 3 N–H and O–H groups in total. The number of anilines is 1. The summed E-state index contributed by atoms with van der Waals surface area (Å²) in [6.07, 6.45) is 4.74. The summed E-state index contributed by atoms with van der Waals surface area (Å²) in [5.74, 6) is 0.770. The highest BCUT2D eigenvalue weighted by Gasteiger charge is 2.12. The summed E-state index contributed by atoms with van der Waals surface area (Å²) in [5.41, 5.74) is 0.902. The number of nitrogens with one attached hydrogen (secondary N) is 3. The van der Waals surface area contributed by atoms with Crippen LogP contribution in [-0.2, 0) is 4.79 Å². The van der Waals surface area contributed by atoms with E-state index in [0.29, 0.717) is 18.9 Å². The van der Waals surface area contributed by atoms with E-state index in [4.69, 9.17) is 0 Å². The molecule has 7 heteroatoms. The van der Waals surface area contributed by atoms with Gasteiger partial charge in [0.25, 0.3) is 5.69 Å². The van der Waals surface area contributed by atoms with Crippen molar-refractivity contribution >= 4 is 17.3 Å². The summed E-state index contributed by atoms with van der Waals surface area (Å²) in [6.45, 7) is 3.60. The molecule has 1 fully saturated rings. The molecule has 1 heterocycles. The first-order valence-corrected chi connectivity index (χ1v) is 8.61. The standard InChI is InChI=1S/C17H26N4O3/c22-17(20-12-9-14-3-1-10-18-13-14)4-2-11-19-15-5-7-16(8-6-15)21(23)24/h5-8,14,18-19H,1-4,9-13H2,(H,20,22). The van der Waals surface area contributed by atoms with Crippen molar-refractivity contribution in [2.75, 3.05) is 31.5 Å². The van der Waals surface area contributed by atoms with E-state index in [2.05, 4.69) is 16.0 Å². The van der Waals surface area contributed by atoms with Gasteiger partial charge in [-0.3, -0.25) is 14.9 Å². The van der Waals surface area contributed by atoms with E-state index in [1.807, 2.05) is 0 Å². The van der Waals surface area contributed by atoms with Crippen LogP contribution in [0.2, 0.25) is 0 Å². The first kappa shape index (κ1) is 18.2. The first-order chi connectivity index (χ1) is 11.6. The van der Waals surface area contributed by atoms with Gasteiger partial charge in [0.2, 0.25) is 5.91 Å². The highest BCUT2D eigenvalue weighted by Crippen LogP contribution is 2.15. The van der Waals surface area contributed by atoms with Gasteiger partial charge < -0.3 is 16.0 Å². The number of hydrogen-bond acceptors (Lipinski definition) is 5. The van der Waals surface area contributed by atoms with Crippen molar-refractivity contribution in [3.8, 4) is 0 Å². The van der Waals surface area contributed by atoms with Crippen LogP contribution < -0.4 is 16.0 Å². The Hall–Kier alpha value is -2.15. The van der Waals surface area contributed by atoms with Gasteiger partial charge in [-0.25, -0.2) is 0 Å². The number of nitrogens with zero attached hydrogens (tertiary/aromatic N) is 1. The van der Waals surface area contributed by atoms with Gasteiger partial charge in [0.1, 0.15) is 0 Å². The van der Waals surface area contributed by atoms with Crippen molar-refractivity contribution in [1.29, 1.82) is 0 Å². The van der Waals surface area contributed by atoms with Crippen LogP contribution in [0.3, 0.4) is 0 Å². The Labute approximate surface area is 142 Å². The van der Waals surface area contributed by atoms with Crippen LogP contribution in [0, 0.1) is 16.0 Å². The summed E-state index contributed by atoms with van der Waals surface area (Å²) in [5, 5.41) is 20.1. The van der Waals surface area contributed by atoms with E-state index in [1.165, 1.54) is 25.0 Å². The lowest BCUT2D eigenvalue weighted by molar-refractivity contribution is -0.384. The van der Waals surface area contributed by atoms with Crippen molar-refractivity contribution in [3.63, 3.8) is 0 Å². The van der Waals surface area contributed by atoms with E-state index in [1.54, 1.807) is 12.1 Å². The Morgan fingerprint density at radius 2 is 2.08 bits per heavy atom. The van der Waals surface area contributed by atoms with Crippen molar-refractivity contribution in [3.05, 3.63) is 34.4 Å². The lowest BCUT2D eigenvalue weighted by Gasteiger charge is -2.22. The Morgan fingerprint density at radius 1 is 1.29 bits per heavy atom. The van der Waals surface area contributed by atoms with E-state index in [0.717, 1.165) is 38.2 Å². The lowest BCUT2D eigenvalue weighted by Crippen LogP contribution is -2.33. The predicted molar refractivity (Wildman–Crippen MR) is 94.0 cm³/mol. The molecular formula is C17H26N4O3. The fourth-order valence-electron chi connectivity index (χ4n) is 2.86. The van der Waals surface area contributed by atoms with Crippen molar-refractivity contribution < 1.29 is 9.72 Å². The minimum absolute atomic E-state index is 0.0769. The zero-order valence-electron chi connectivity index (χ0n) is 13.9. The van der Waals surface area contributed by atoms with Crippen molar-refractivity contribution in [2.45, 2.75) is 32.1 Å². The molecule has 1 atom stereocenters. The van der Waals surface area contributed by atoms with E-state index < -0.39 is 4.92 Å².